The van der Waals surface area contributed by atoms with Crippen LogP contribution in [0.15, 0.2) is 67.0 Å². The van der Waals surface area contributed by atoms with E-state index in [1.54, 1.807) is 6.33 Å². The number of hydrogen-bond donors (Lipinski definition) is 1. The smallest absolute Gasteiger partial charge is 0.196 e. The van der Waals surface area contributed by atoms with Crippen LogP contribution in [0.1, 0.15) is 29.8 Å². The zero-order chi connectivity index (χ0) is 20.7. The first-order chi connectivity index (χ1) is 14.7. The fourth-order valence-corrected chi connectivity index (χ4v) is 4.22. The Bertz CT molecular complexity index is 1260. The molecule has 0 radical (unpaired) electrons. The molecule has 4 aromatic rings. The number of aromatic nitrogens is 2. The molecule has 0 spiro atoms. The van der Waals surface area contributed by atoms with Crippen molar-refractivity contribution >= 4 is 33.7 Å². The molecule has 3 aromatic carbocycles. The fourth-order valence-electron chi connectivity index (χ4n) is 4.22. The molecule has 0 saturated heterocycles. The Hall–Kier alpha value is -3.73. The average molecular weight is 394 g/mol. The van der Waals surface area contributed by atoms with Crippen LogP contribution in [0.25, 0.3) is 22.2 Å². The average Bonchev–Trinajstić information content (AvgIpc) is 2.80. The van der Waals surface area contributed by atoms with Crippen molar-refractivity contribution in [3.8, 4) is 11.3 Å². The third-order valence-electron chi connectivity index (χ3n) is 5.73. The van der Waals surface area contributed by atoms with E-state index in [1.165, 1.54) is 5.69 Å². The van der Waals surface area contributed by atoms with Crippen LogP contribution >= 0.6 is 0 Å². The number of hydrogen-bond acceptors (Lipinski definition) is 5. The molecule has 1 heterocycles. The van der Waals surface area contributed by atoms with Crippen molar-refractivity contribution in [2.45, 2.75) is 13.8 Å². The zero-order valence-corrected chi connectivity index (χ0v) is 17.0. The van der Waals surface area contributed by atoms with Gasteiger partial charge in [0, 0.05) is 41.0 Å². The molecular formula is C25H22N4O. The van der Waals surface area contributed by atoms with Crippen molar-refractivity contribution in [2.75, 3.05) is 23.3 Å². The third kappa shape index (κ3) is 2.82. The molecule has 0 aliphatic heterocycles. The largest absolute Gasteiger partial charge is 0.372 e. The standard InChI is InChI=1S/C25H22N4O/c1-3-29(4-2)17-11-9-16(10-12-17)28-21-14-13-20-22-23(21)25(30)19-8-6-5-7-18(19)24(22)27-15-26-20/h5-15,28H,3-4H2,1-2H3. The summed E-state index contributed by atoms with van der Waals surface area (Å²) in [6, 6.07) is 19.8. The molecule has 1 aromatic heterocycles. The van der Waals surface area contributed by atoms with Crippen molar-refractivity contribution in [1.29, 1.82) is 0 Å². The summed E-state index contributed by atoms with van der Waals surface area (Å²) < 4.78 is 0. The van der Waals surface area contributed by atoms with Gasteiger partial charge in [0.2, 0.25) is 0 Å². The van der Waals surface area contributed by atoms with Gasteiger partial charge < -0.3 is 10.2 Å². The lowest BCUT2D eigenvalue weighted by molar-refractivity contribution is 0.104. The number of nitrogens with one attached hydrogen (secondary N) is 1. The van der Waals surface area contributed by atoms with Gasteiger partial charge in [0.25, 0.3) is 0 Å². The summed E-state index contributed by atoms with van der Waals surface area (Å²) >= 11 is 0. The molecule has 1 N–H and O–H groups in total. The highest BCUT2D eigenvalue weighted by atomic mass is 16.1. The van der Waals surface area contributed by atoms with Crippen molar-refractivity contribution < 1.29 is 4.79 Å². The van der Waals surface area contributed by atoms with Gasteiger partial charge >= 0.3 is 0 Å². The van der Waals surface area contributed by atoms with Crippen LogP contribution < -0.4 is 10.2 Å². The summed E-state index contributed by atoms with van der Waals surface area (Å²) in [4.78, 5) is 24.6. The lowest BCUT2D eigenvalue weighted by Crippen LogP contribution is -2.21. The monoisotopic (exact) mass is 394 g/mol. The maximum absolute atomic E-state index is 13.4. The van der Waals surface area contributed by atoms with E-state index in [0.29, 0.717) is 11.1 Å². The Balaban J connectivity index is 1.61. The van der Waals surface area contributed by atoms with E-state index in [9.17, 15) is 4.79 Å². The number of nitrogens with zero attached hydrogens (tertiary/aromatic N) is 3. The first-order valence-electron chi connectivity index (χ1n) is 10.2. The maximum Gasteiger partial charge on any atom is 0.196 e. The molecule has 1 aliphatic rings. The lowest BCUT2D eigenvalue weighted by atomic mass is 9.86. The molecule has 1 aliphatic carbocycles. The highest BCUT2D eigenvalue weighted by Crippen LogP contribution is 2.40. The van der Waals surface area contributed by atoms with Crippen LogP contribution in [0.2, 0.25) is 0 Å². The number of carbonyl (C=O) groups excluding carboxylic acids is 1. The molecule has 30 heavy (non-hydrogen) atoms. The fraction of sp³-hybridized carbons (Fsp3) is 0.160. The van der Waals surface area contributed by atoms with Crippen molar-refractivity contribution in [3.63, 3.8) is 0 Å². The second kappa shape index (κ2) is 7.26. The molecule has 0 amide bonds. The topological polar surface area (TPSA) is 58.1 Å². The van der Waals surface area contributed by atoms with Crippen molar-refractivity contribution in [3.05, 3.63) is 78.1 Å². The molecule has 0 unspecified atom stereocenters. The number of fused-ring (bicyclic) bond motifs is 2. The second-order valence-corrected chi connectivity index (χ2v) is 7.32. The van der Waals surface area contributed by atoms with E-state index in [4.69, 9.17) is 0 Å². The number of benzene rings is 3. The Kier molecular flexibility index (Phi) is 4.43. The first-order valence-corrected chi connectivity index (χ1v) is 10.2. The predicted molar refractivity (Wildman–Crippen MR) is 122 cm³/mol. The molecular weight excluding hydrogens is 372 g/mol. The second-order valence-electron chi connectivity index (χ2n) is 7.32. The summed E-state index contributed by atoms with van der Waals surface area (Å²) in [6.07, 6.45) is 1.56. The SMILES string of the molecule is CCN(CC)c1ccc(Nc2ccc3ncnc4c3c2C(=O)c2ccccc2-4)cc1. The molecule has 148 valence electrons. The third-order valence-corrected chi connectivity index (χ3v) is 5.73. The van der Waals surface area contributed by atoms with Gasteiger partial charge in [0.05, 0.1) is 22.5 Å². The molecule has 5 rings (SSSR count). The molecule has 5 nitrogen and oxygen atoms in total. The maximum atomic E-state index is 13.4. The van der Waals surface area contributed by atoms with E-state index in [0.717, 1.165) is 46.6 Å². The quantitative estimate of drug-likeness (QED) is 0.431. The van der Waals surface area contributed by atoms with Gasteiger partial charge in [-0.1, -0.05) is 24.3 Å². The van der Waals surface area contributed by atoms with E-state index >= 15 is 0 Å². The summed E-state index contributed by atoms with van der Waals surface area (Å²) in [5.41, 5.74) is 6.66. The molecule has 0 atom stereocenters. The highest BCUT2D eigenvalue weighted by Gasteiger charge is 2.28. The predicted octanol–water partition coefficient (Wildman–Crippen LogP) is 5.43. The van der Waals surface area contributed by atoms with E-state index in [-0.39, 0.29) is 5.78 Å². The normalized spacial score (nSPS) is 12.0. The van der Waals surface area contributed by atoms with Crippen LogP contribution in [-0.2, 0) is 0 Å². The van der Waals surface area contributed by atoms with E-state index in [1.807, 2.05) is 48.5 Å². The Morgan fingerprint density at radius 2 is 1.60 bits per heavy atom. The molecule has 0 fully saturated rings. The van der Waals surface area contributed by atoms with Crippen LogP contribution in [0.3, 0.4) is 0 Å². The van der Waals surface area contributed by atoms with Crippen molar-refractivity contribution in [1.82, 2.24) is 9.97 Å². The Morgan fingerprint density at radius 1 is 0.867 bits per heavy atom. The highest BCUT2D eigenvalue weighted by molar-refractivity contribution is 6.27. The first kappa shape index (κ1) is 18.3. The molecule has 0 saturated carbocycles. The van der Waals surface area contributed by atoms with Crippen LogP contribution in [0.4, 0.5) is 17.1 Å². The molecule has 5 heteroatoms. The summed E-state index contributed by atoms with van der Waals surface area (Å²) in [5, 5.41) is 4.26. The van der Waals surface area contributed by atoms with Gasteiger partial charge in [-0.3, -0.25) is 4.79 Å². The lowest BCUT2D eigenvalue weighted by Gasteiger charge is -2.22. The minimum atomic E-state index is 0.000705. The molecule has 0 bridgehead atoms. The van der Waals surface area contributed by atoms with Gasteiger partial charge in [-0.05, 0) is 50.2 Å². The van der Waals surface area contributed by atoms with Gasteiger partial charge in [0.15, 0.2) is 5.78 Å². The van der Waals surface area contributed by atoms with Gasteiger partial charge in [-0.25, -0.2) is 9.97 Å². The van der Waals surface area contributed by atoms with Crippen LogP contribution in [-0.4, -0.2) is 28.8 Å². The summed E-state index contributed by atoms with van der Waals surface area (Å²) in [7, 11) is 0. The van der Waals surface area contributed by atoms with Crippen molar-refractivity contribution in [2.24, 2.45) is 0 Å². The number of ketones is 1. The van der Waals surface area contributed by atoms with Gasteiger partial charge in [0.1, 0.15) is 6.33 Å². The van der Waals surface area contributed by atoms with Crippen LogP contribution in [0, 0.1) is 0 Å². The van der Waals surface area contributed by atoms with Gasteiger partial charge in [-0.15, -0.1) is 0 Å². The van der Waals surface area contributed by atoms with Crippen LogP contribution in [0.5, 0.6) is 0 Å². The summed E-state index contributed by atoms with van der Waals surface area (Å²) in [5.74, 6) is 0.000705. The van der Waals surface area contributed by atoms with Gasteiger partial charge in [-0.2, -0.15) is 0 Å². The Morgan fingerprint density at radius 3 is 2.33 bits per heavy atom. The van der Waals surface area contributed by atoms with E-state index < -0.39 is 0 Å². The summed E-state index contributed by atoms with van der Waals surface area (Å²) in [6.45, 7) is 6.24. The number of carbonyl (C=O) groups is 1. The Labute approximate surface area is 175 Å². The minimum absolute atomic E-state index is 0.000705. The number of anilines is 3. The van der Waals surface area contributed by atoms with E-state index in [2.05, 4.69) is 46.2 Å². The number of rotatable bonds is 5. The minimum Gasteiger partial charge on any atom is -0.372 e. The zero-order valence-electron chi connectivity index (χ0n) is 17.0.